The van der Waals surface area contributed by atoms with Crippen LogP contribution in [0.4, 0.5) is 4.39 Å². The van der Waals surface area contributed by atoms with Crippen LogP contribution >= 0.6 is 11.6 Å². The van der Waals surface area contributed by atoms with E-state index in [1.807, 2.05) is 30.3 Å². The van der Waals surface area contributed by atoms with Crippen LogP contribution in [0.15, 0.2) is 54.7 Å². The highest BCUT2D eigenvalue weighted by molar-refractivity contribution is 6.33. The van der Waals surface area contributed by atoms with E-state index in [1.165, 1.54) is 6.07 Å². The van der Waals surface area contributed by atoms with Gasteiger partial charge in [0.25, 0.3) is 0 Å². The molecule has 0 aliphatic rings. The second kappa shape index (κ2) is 4.86. The predicted octanol–water partition coefficient (Wildman–Crippen LogP) is 4.54. The summed E-state index contributed by atoms with van der Waals surface area (Å²) < 4.78 is 13.8. The number of nitrogens with zero attached hydrogens (tertiary/aromatic N) is 1. The first-order valence-electron chi connectivity index (χ1n) is 5.80. The fraction of sp³-hybridized carbons (Fsp3) is 0. The number of rotatable bonds is 2. The van der Waals surface area contributed by atoms with E-state index in [1.54, 1.807) is 18.3 Å². The van der Waals surface area contributed by atoms with E-state index in [9.17, 15) is 4.39 Å². The van der Waals surface area contributed by atoms with Crippen molar-refractivity contribution in [3.05, 3.63) is 65.6 Å². The Hall–Kier alpha value is -2.13. The third kappa shape index (κ3) is 2.25. The number of benzene rings is 2. The molecule has 0 aliphatic carbocycles. The van der Waals surface area contributed by atoms with E-state index < -0.39 is 0 Å². The Bertz CT molecular complexity index is 687. The second-order valence-corrected chi connectivity index (χ2v) is 4.52. The normalized spacial score (nSPS) is 10.6. The fourth-order valence-corrected chi connectivity index (χ4v) is 2.19. The van der Waals surface area contributed by atoms with Crippen molar-refractivity contribution >= 4 is 11.6 Å². The van der Waals surface area contributed by atoms with Gasteiger partial charge in [-0.3, -0.25) is 0 Å². The molecule has 1 heterocycles. The van der Waals surface area contributed by atoms with E-state index in [2.05, 4.69) is 9.97 Å². The summed E-state index contributed by atoms with van der Waals surface area (Å²) in [5, 5.41) is 0.342. The summed E-state index contributed by atoms with van der Waals surface area (Å²) >= 11 is 6.02. The van der Waals surface area contributed by atoms with Crippen molar-refractivity contribution in [3.8, 4) is 22.6 Å². The highest BCUT2D eigenvalue weighted by atomic mass is 35.5. The summed E-state index contributed by atoms with van der Waals surface area (Å²) in [6.07, 6.45) is 1.67. The molecule has 19 heavy (non-hydrogen) atoms. The molecular weight excluding hydrogens is 263 g/mol. The number of H-pyrrole nitrogens is 1. The van der Waals surface area contributed by atoms with Crippen LogP contribution in [0.25, 0.3) is 22.6 Å². The zero-order valence-corrected chi connectivity index (χ0v) is 10.7. The Balaban J connectivity index is 2.07. The lowest BCUT2D eigenvalue weighted by Gasteiger charge is -2.02. The van der Waals surface area contributed by atoms with Gasteiger partial charge in [-0.2, -0.15) is 0 Å². The summed E-state index contributed by atoms with van der Waals surface area (Å²) in [4.78, 5) is 7.30. The van der Waals surface area contributed by atoms with Gasteiger partial charge in [0.05, 0.1) is 22.5 Å². The summed E-state index contributed by atoms with van der Waals surface area (Å²) in [5.74, 6) is 0.0448. The maximum absolute atomic E-state index is 13.8. The van der Waals surface area contributed by atoms with Crippen LogP contribution in [-0.2, 0) is 0 Å². The van der Waals surface area contributed by atoms with Crippen molar-refractivity contribution in [1.82, 2.24) is 9.97 Å². The number of imidazole rings is 1. The monoisotopic (exact) mass is 272 g/mol. The first-order valence-corrected chi connectivity index (χ1v) is 6.18. The van der Waals surface area contributed by atoms with Crippen LogP contribution in [0.3, 0.4) is 0 Å². The molecule has 0 amide bonds. The van der Waals surface area contributed by atoms with Crippen LogP contribution in [0.2, 0.25) is 5.02 Å². The molecule has 94 valence electrons. The van der Waals surface area contributed by atoms with Gasteiger partial charge in [0.1, 0.15) is 11.6 Å². The number of aromatic nitrogens is 2. The molecule has 0 unspecified atom stereocenters. The molecule has 0 saturated heterocycles. The van der Waals surface area contributed by atoms with E-state index >= 15 is 0 Å². The molecule has 0 spiro atoms. The van der Waals surface area contributed by atoms with Crippen molar-refractivity contribution in [2.45, 2.75) is 0 Å². The van der Waals surface area contributed by atoms with Crippen molar-refractivity contribution in [1.29, 1.82) is 0 Å². The second-order valence-electron chi connectivity index (χ2n) is 4.11. The van der Waals surface area contributed by atoms with E-state index in [-0.39, 0.29) is 5.82 Å². The lowest BCUT2D eigenvalue weighted by molar-refractivity contribution is 0.630. The number of halogens is 2. The first kappa shape index (κ1) is 11.9. The van der Waals surface area contributed by atoms with Crippen molar-refractivity contribution < 1.29 is 4.39 Å². The lowest BCUT2D eigenvalue weighted by Crippen LogP contribution is -1.87. The average Bonchev–Trinajstić information content (AvgIpc) is 2.89. The van der Waals surface area contributed by atoms with Gasteiger partial charge in [-0.1, -0.05) is 48.0 Å². The Labute approximate surface area is 114 Å². The maximum atomic E-state index is 13.8. The summed E-state index contributed by atoms with van der Waals surface area (Å²) in [6, 6.07) is 14.3. The molecule has 4 heteroatoms. The van der Waals surface area contributed by atoms with Gasteiger partial charge in [-0.15, -0.1) is 0 Å². The van der Waals surface area contributed by atoms with Crippen LogP contribution < -0.4 is 0 Å². The topological polar surface area (TPSA) is 28.7 Å². The molecular formula is C15H10ClFN2. The number of hydrogen-bond acceptors (Lipinski definition) is 1. The molecule has 0 bridgehead atoms. The number of aromatic amines is 1. The van der Waals surface area contributed by atoms with Gasteiger partial charge in [0, 0.05) is 0 Å². The Morgan fingerprint density at radius 2 is 1.79 bits per heavy atom. The lowest BCUT2D eigenvalue weighted by atomic mass is 10.2. The van der Waals surface area contributed by atoms with Crippen molar-refractivity contribution in [3.63, 3.8) is 0 Å². The van der Waals surface area contributed by atoms with Gasteiger partial charge >= 0.3 is 0 Å². The summed E-state index contributed by atoms with van der Waals surface area (Å²) in [7, 11) is 0. The van der Waals surface area contributed by atoms with Gasteiger partial charge in [0.15, 0.2) is 0 Å². The van der Waals surface area contributed by atoms with Crippen LogP contribution in [-0.4, -0.2) is 9.97 Å². The van der Waals surface area contributed by atoms with E-state index in [4.69, 9.17) is 11.6 Å². The first-order chi connectivity index (χ1) is 9.25. The van der Waals surface area contributed by atoms with Gasteiger partial charge < -0.3 is 4.98 Å². The quantitative estimate of drug-likeness (QED) is 0.729. The summed E-state index contributed by atoms with van der Waals surface area (Å²) in [6.45, 7) is 0. The van der Waals surface area contributed by atoms with E-state index in [0.29, 0.717) is 16.4 Å². The Kier molecular flexibility index (Phi) is 3.05. The zero-order chi connectivity index (χ0) is 13.2. The van der Waals surface area contributed by atoms with E-state index in [0.717, 1.165) is 11.3 Å². The third-order valence-electron chi connectivity index (χ3n) is 2.86. The van der Waals surface area contributed by atoms with Gasteiger partial charge in [-0.05, 0) is 17.7 Å². The van der Waals surface area contributed by atoms with Gasteiger partial charge in [0.2, 0.25) is 0 Å². The van der Waals surface area contributed by atoms with Crippen molar-refractivity contribution in [2.24, 2.45) is 0 Å². The standard InChI is InChI=1S/C15H10ClFN2/c16-11-7-4-8-12(17)14(11)15-18-9-13(19-15)10-5-2-1-3-6-10/h1-9H,(H,18,19). The highest BCUT2D eigenvalue weighted by Crippen LogP contribution is 2.29. The Morgan fingerprint density at radius 1 is 1.00 bits per heavy atom. The molecule has 2 nitrogen and oxygen atoms in total. The van der Waals surface area contributed by atoms with Crippen LogP contribution in [0.5, 0.6) is 0 Å². The maximum Gasteiger partial charge on any atom is 0.142 e. The molecule has 0 atom stereocenters. The fourth-order valence-electron chi connectivity index (χ4n) is 1.94. The number of hydrogen-bond donors (Lipinski definition) is 1. The minimum absolute atomic E-state index is 0.298. The minimum atomic E-state index is -0.388. The minimum Gasteiger partial charge on any atom is -0.338 e. The summed E-state index contributed by atoms with van der Waals surface area (Å²) in [5.41, 5.74) is 2.12. The Morgan fingerprint density at radius 3 is 2.53 bits per heavy atom. The van der Waals surface area contributed by atoms with Crippen molar-refractivity contribution in [2.75, 3.05) is 0 Å². The molecule has 0 saturated carbocycles. The smallest absolute Gasteiger partial charge is 0.142 e. The van der Waals surface area contributed by atoms with Gasteiger partial charge in [-0.25, -0.2) is 9.37 Å². The predicted molar refractivity (Wildman–Crippen MR) is 74.4 cm³/mol. The average molecular weight is 273 g/mol. The molecule has 0 aliphatic heterocycles. The molecule has 0 radical (unpaired) electrons. The molecule has 1 aromatic heterocycles. The largest absolute Gasteiger partial charge is 0.338 e. The molecule has 1 N–H and O–H groups in total. The zero-order valence-electron chi connectivity index (χ0n) is 9.90. The molecule has 3 rings (SSSR count). The van der Waals surface area contributed by atoms with Crippen LogP contribution in [0.1, 0.15) is 0 Å². The van der Waals surface area contributed by atoms with Crippen LogP contribution in [0, 0.1) is 5.82 Å². The molecule has 0 fully saturated rings. The number of nitrogens with one attached hydrogen (secondary N) is 1. The SMILES string of the molecule is Fc1cccc(Cl)c1-c1ncc(-c2ccccc2)[nH]1. The highest BCUT2D eigenvalue weighted by Gasteiger charge is 2.13. The third-order valence-corrected chi connectivity index (χ3v) is 3.18. The molecule has 2 aromatic carbocycles. The molecule has 3 aromatic rings.